The quantitative estimate of drug-likeness (QED) is 0.687. The van der Waals surface area contributed by atoms with Crippen LogP contribution in [0.1, 0.15) is 45.4 Å². The van der Waals surface area contributed by atoms with Gasteiger partial charge in [0.05, 0.1) is 19.3 Å². The average molecular weight is 226 g/mol. The number of hydrogen-bond acceptors (Lipinski definition) is 3. The van der Waals surface area contributed by atoms with Crippen LogP contribution >= 0.6 is 0 Å². The first kappa shape index (κ1) is 11.0. The van der Waals surface area contributed by atoms with E-state index in [1.807, 2.05) is 0 Å². The maximum Gasteiger partial charge on any atom is 0.169 e. The molecule has 0 bridgehead atoms. The lowest BCUT2D eigenvalue weighted by atomic mass is 9.93. The van der Waals surface area contributed by atoms with Gasteiger partial charge in [-0.25, -0.2) is 0 Å². The summed E-state index contributed by atoms with van der Waals surface area (Å²) in [5, 5.41) is 0. The normalized spacial score (nSPS) is 42.2. The molecule has 1 unspecified atom stereocenters. The molecule has 1 saturated carbocycles. The molecule has 1 spiro atoms. The SMILES string of the molecule is CC[C@H]1COCC2OC3(CCCCC3)O[C@H]21. The van der Waals surface area contributed by atoms with Gasteiger partial charge in [0, 0.05) is 18.8 Å². The fourth-order valence-electron chi connectivity index (χ4n) is 3.33. The van der Waals surface area contributed by atoms with Crippen LogP contribution in [0.15, 0.2) is 0 Å². The summed E-state index contributed by atoms with van der Waals surface area (Å²) >= 11 is 0. The topological polar surface area (TPSA) is 27.7 Å². The van der Waals surface area contributed by atoms with Gasteiger partial charge in [0.15, 0.2) is 5.79 Å². The van der Waals surface area contributed by atoms with Gasteiger partial charge in [-0.3, -0.25) is 0 Å². The third-order valence-corrected chi connectivity index (χ3v) is 4.30. The molecular formula is C13H22O3. The minimum absolute atomic E-state index is 0.191. The predicted molar refractivity (Wildman–Crippen MR) is 60.2 cm³/mol. The monoisotopic (exact) mass is 226 g/mol. The lowest BCUT2D eigenvalue weighted by Crippen LogP contribution is -2.41. The van der Waals surface area contributed by atoms with Crippen LogP contribution < -0.4 is 0 Å². The maximum absolute atomic E-state index is 6.30. The van der Waals surface area contributed by atoms with Gasteiger partial charge in [0.25, 0.3) is 0 Å². The minimum atomic E-state index is -0.241. The standard InChI is InChI=1S/C13H22O3/c1-2-10-8-14-9-11-12(10)16-13(15-11)6-4-3-5-7-13/h10-12H,2-9H2,1H3/t10-,11?,12-/m0/s1. The van der Waals surface area contributed by atoms with Crippen LogP contribution in [0.2, 0.25) is 0 Å². The zero-order chi connectivity index (χ0) is 11.0. The lowest BCUT2D eigenvalue weighted by Gasteiger charge is -2.32. The van der Waals surface area contributed by atoms with E-state index in [4.69, 9.17) is 14.2 Å². The first-order chi connectivity index (χ1) is 7.83. The van der Waals surface area contributed by atoms with E-state index in [-0.39, 0.29) is 18.0 Å². The Hall–Kier alpha value is -0.120. The summed E-state index contributed by atoms with van der Waals surface area (Å²) in [6.07, 6.45) is 7.59. The zero-order valence-electron chi connectivity index (χ0n) is 10.1. The van der Waals surface area contributed by atoms with E-state index in [9.17, 15) is 0 Å². The van der Waals surface area contributed by atoms with E-state index in [1.54, 1.807) is 0 Å². The third-order valence-electron chi connectivity index (χ3n) is 4.30. The molecule has 3 heteroatoms. The van der Waals surface area contributed by atoms with E-state index < -0.39 is 0 Å². The lowest BCUT2D eigenvalue weighted by molar-refractivity contribution is -0.195. The van der Waals surface area contributed by atoms with Crippen molar-refractivity contribution in [3.63, 3.8) is 0 Å². The zero-order valence-corrected chi connectivity index (χ0v) is 10.1. The molecule has 2 heterocycles. The van der Waals surface area contributed by atoms with Gasteiger partial charge in [-0.15, -0.1) is 0 Å². The summed E-state index contributed by atoms with van der Waals surface area (Å²) in [5.74, 6) is 0.286. The second kappa shape index (κ2) is 4.28. The second-order valence-corrected chi connectivity index (χ2v) is 5.42. The first-order valence-electron chi connectivity index (χ1n) is 6.76. The van der Waals surface area contributed by atoms with Crippen LogP contribution in [0, 0.1) is 5.92 Å². The molecular weight excluding hydrogens is 204 g/mol. The van der Waals surface area contributed by atoms with E-state index in [0.717, 1.165) is 32.5 Å². The smallest absolute Gasteiger partial charge is 0.169 e. The molecule has 3 fully saturated rings. The summed E-state index contributed by atoms with van der Waals surface area (Å²) < 4.78 is 18.1. The Morgan fingerprint density at radius 1 is 1.06 bits per heavy atom. The highest BCUT2D eigenvalue weighted by Gasteiger charge is 2.51. The van der Waals surface area contributed by atoms with Crippen molar-refractivity contribution in [1.82, 2.24) is 0 Å². The van der Waals surface area contributed by atoms with Crippen molar-refractivity contribution in [3.8, 4) is 0 Å². The molecule has 1 aliphatic carbocycles. The summed E-state index contributed by atoms with van der Waals surface area (Å²) in [4.78, 5) is 0. The molecule has 0 aromatic rings. The minimum Gasteiger partial charge on any atom is -0.378 e. The van der Waals surface area contributed by atoms with Gasteiger partial charge < -0.3 is 14.2 Å². The highest BCUT2D eigenvalue weighted by atomic mass is 16.8. The van der Waals surface area contributed by atoms with E-state index >= 15 is 0 Å². The second-order valence-electron chi connectivity index (χ2n) is 5.42. The molecule has 2 saturated heterocycles. The van der Waals surface area contributed by atoms with Gasteiger partial charge >= 0.3 is 0 Å². The van der Waals surface area contributed by atoms with Crippen LogP contribution in [0.4, 0.5) is 0 Å². The Bertz CT molecular complexity index is 248. The van der Waals surface area contributed by atoms with Crippen LogP contribution in [-0.4, -0.2) is 31.2 Å². The summed E-state index contributed by atoms with van der Waals surface area (Å²) in [6, 6.07) is 0. The largest absolute Gasteiger partial charge is 0.378 e. The third kappa shape index (κ3) is 1.79. The van der Waals surface area contributed by atoms with Crippen molar-refractivity contribution >= 4 is 0 Å². The highest BCUT2D eigenvalue weighted by molar-refractivity contribution is 4.92. The van der Waals surface area contributed by atoms with Gasteiger partial charge in [0.1, 0.15) is 6.10 Å². The van der Waals surface area contributed by atoms with Crippen molar-refractivity contribution in [2.24, 2.45) is 5.92 Å². The van der Waals surface area contributed by atoms with Gasteiger partial charge in [-0.1, -0.05) is 13.3 Å². The first-order valence-corrected chi connectivity index (χ1v) is 6.76. The Morgan fingerprint density at radius 3 is 2.62 bits per heavy atom. The Kier molecular flexibility index (Phi) is 2.94. The molecule has 0 aromatic heterocycles. The summed E-state index contributed by atoms with van der Waals surface area (Å²) in [7, 11) is 0. The van der Waals surface area contributed by atoms with Crippen LogP contribution in [0.5, 0.6) is 0 Å². The molecule has 3 atom stereocenters. The number of rotatable bonds is 1. The number of ether oxygens (including phenoxy) is 3. The fourth-order valence-corrected chi connectivity index (χ4v) is 3.33. The molecule has 0 amide bonds. The molecule has 92 valence electrons. The summed E-state index contributed by atoms with van der Waals surface area (Å²) in [5.41, 5.74) is 0. The van der Waals surface area contributed by atoms with Crippen molar-refractivity contribution in [2.45, 2.75) is 63.4 Å². The van der Waals surface area contributed by atoms with Gasteiger partial charge in [0.2, 0.25) is 0 Å². The Labute approximate surface area is 97.4 Å². The van der Waals surface area contributed by atoms with E-state index in [2.05, 4.69) is 6.92 Å². The molecule has 2 aliphatic heterocycles. The van der Waals surface area contributed by atoms with Crippen LogP contribution in [-0.2, 0) is 14.2 Å². The fraction of sp³-hybridized carbons (Fsp3) is 1.00. The number of fused-ring (bicyclic) bond motifs is 1. The van der Waals surface area contributed by atoms with Crippen LogP contribution in [0.25, 0.3) is 0 Å². The van der Waals surface area contributed by atoms with Crippen molar-refractivity contribution in [2.75, 3.05) is 13.2 Å². The molecule has 0 aromatic carbocycles. The molecule has 3 aliphatic rings. The molecule has 16 heavy (non-hydrogen) atoms. The van der Waals surface area contributed by atoms with E-state index in [0.29, 0.717) is 5.92 Å². The van der Waals surface area contributed by atoms with E-state index in [1.165, 1.54) is 19.3 Å². The molecule has 0 radical (unpaired) electrons. The van der Waals surface area contributed by atoms with Gasteiger partial charge in [-0.2, -0.15) is 0 Å². The number of hydrogen-bond donors (Lipinski definition) is 0. The molecule has 3 nitrogen and oxygen atoms in total. The highest BCUT2D eigenvalue weighted by Crippen LogP contribution is 2.44. The van der Waals surface area contributed by atoms with Crippen molar-refractivity contribution in [3.05, 3.63) is 0 Å². The van der Waals surface area contributed by atoms with Crippen molar-refractivity contribution < 1.29 is 14.2 Å². The molecule has 3 rings (SSSR count). The van der Waals surface area contributed by atoms with Crippen molar-refractivity contribution in [1.29, 1.82) is 0 Å². The average Bonchev–Trinajstić information content (AvgIpc) is 2.67. The summed E-state index contributed by atoms with van der Waals surface area (Å²) in [6.45, 7) is 3.78. The predicted octanol–water partition coefficient (Wildman–Crippen LogP) is 2.49. The maximum atomic E-state index is 6.30. The van der Waals surface area contributed by atoms with Crippen LogP contribution in [0.3, 0.4) is 0 Å². The van der Waals surface area contributed by atoms with Gasteiger partial charge in [-0.05, 0) is 19.3 Å². The Morgan fingerprint density at radius 2 is 1.88 bits per heavy atom. The molecule has 0 N–H and O–H groups in total. The Balaban J connectivity index is 1.73.